The molecule has 2 N–H and O–H groups in total. The van der Waals surface area contributed by atoms with E-state index in [2.05, 4.69) is 15.6 Å². The van der Waals surface area contributed by atoms with Gasteiger partial charge in [0, 0.05) is 30.1 Å². The number of nitro groups is 1. The Morgan fingerprint density at radius 2 is 2.33 bits per heavy atom. The van der Waals surface area contributed by atoms with Crippen LogP contribution in [0.1, 0.15) is 11.3 Å². The van der Waals surface area contributed by atoms with E-state index in [9.17, 15) is 14.9 Å². The van der Waals surface area contributed by atoms with E-state index in [1.807, 2.05) is 5.38 Å². The molecule has 1 amide bonds. The molecule has 3 rings (SSSR count). The fourth-order valence-electron chi connectivity index (χ4n) is 2.24. The van der Waals surface area contributed by atoms with Gasteiger partial charge in [-0.25, -0.2) is 4.98 Å². The highest BCUT2D eigenvalue weighted by Crippen LogP contribution is 2.34. The summed E-state index contributed by atoms with van der Waals surface area (Å²) in [6.45, 7) is 0.539. The van der Waals surface area contributed by atoms with Crippen molar-refractivity contribution in [1.29, 1.82) is 0 Å². The SMILES string of the molecule is O=C1Cc2cc([N+](=O)[O-])c(NCCc3cscn3)cc2N1. The van der Waals surface area contributed by atoms with Crippen LogP contribution < -0.4 is 10.6 Å². The Morgan fingerprint density at radius 1 is 1.48 bits per heavy atom. The average molecular weight is 304 g/mol. The quantitative estimate of drug-likeness (QED) is 0.652. The van der Waals surface area contributed by atoms with E-state index in [0.717, 1.165) is 5.69 Å². The molecule has 1 aliphatic rings. The van der Waals surface area contributed by atoms with Crippen LogP contribution in [0.4, 0.5) is 17.1 Å². The van der Waals surface area contributed by atoms with Gasteiger partial charge in [0.2, 0.25) is 5.91 Å². The molecule has 0 radical (unpaired) electrons. The summed E-state index contributed by atoms with van der Waals surface area (Å²) in [5.41, 5.74) is 4.41. The number of hydrogen-bond acceptors (Lipinski definition) is 6. The molecule has 7 nitrogen and oxygen atoms in total. The Labute approximate surface area is 124 Å². The van der Waals surface area contributed by atoms with Crippen molar-refractivity contribution in [3.63, 3.8) is 0 Å². The average Bonchev–Trinajstić information content (AvgIpc) is 3.05. The van der Waals surface area contributed by atoms with Gasteiger partial charge < -0.3 is 10.6 Å². The van der Waals surface area contributed by atoms with Gasteiger partial charge in [-0.2, -0.15) is 0 Å². The van der Waals surface area contributed by atoms with Gasteiger partial charge >= 0.3 is 0 Å². The molecule has 1 aliphatic heterocycles. The molecular formula is C13H12N4O3S. The van der Waals surface area contributed by atoms with E-state index in [1.54, 1.807) is 11.6 Å². The molecule has 21 heavy (non-hydrogen) atoms. The second kappa shape index (κ2) is 5.49. The summed E-state index contributed by atoms with van der Waals surface area (Å²) < 4.78 is 0. The number of amides is 1. The largest absolute Gasteiger partial charge is 0.379 e. The molecule has 1 aromatic carbocycles. The van der Waals surface area contributed by atoms with E-state index < -0.39 is 4.92 Å². The van der Waals surface area contributed by atoms with Gasteiger partial charge in [0.05, 0.1) is 22.5 Å². The number of nitrogens with zero attached hydrogens (tertiary/aromatic N) is 2. The number of nitrogens with one attached hydrogen (secondary N) is 2. The third-order valence-electron chi connectivity index (χ3n) is 3.22. The third-order valence-corrected chi connectivity index (χ3v) is 3.86. The minimum atomic E-state index is -0.436. The number of hydrogen-bond donors (Lipinski definition) is 2. The van der Waals surface area contributed by atoms with E-state index in [0.29, 0.717) is 29.9 Å². The zero-order valence-corrected chi connectivity index (χ0v) is 11.8. The molecule has 0 unspecified atom stereocenters. The lowest BCUT2D eigenvalue weighted by atomic mass is 10.1. The molecule has 0 bridgehead atoms. The Hall–Kier alpha value is -2.48. The first-order valence-corrected chi connectivity index (χ1v) is 7.30. The maximum absolute atomic E-state index is 11.4. The number of nitro benzene ring substituents is 1. The van der Waals surface area contributed by atoms with Gasteiger partial charge in [0.15, 0.2) is 0 Å². The maximum Gasteiger partial charge on any atom is 0.292 e. The number of carbonyl (C=O) groups excluding carboxylic acids is 1. The van der Waals surface area contributed by atoms with Crippen molar-refractivity contribution in [1.82, 2.24) is 4.98 Å². The van der Waals surface area contributed by atoms with Crippen molar-refractivity contribution in [2.45, 2.75) is 12.8 Å². The Morgan fingerprint density at radius 3 is 3.05 bits per heavy atom. The smallest absolute Gasteiger partial charge is 0.292 e. The fourth-order valence-corrected chi connectivity index (χ4v) is 2.83. The zero-order valence-electron chi connectivity index (χ0n) is 11.0. The number of fused-ring (bicyclic) bond motifs is 1. The first kappa shape index (κ1) is 13.5. The number of carbonyl (C=O) groups is 1. The minimum Gasteiger partial charge on any atom is -0.379 e. The third kappa shape index (κ3) is 2.84. The van der Waals surface area contributed by atoms with Crippen LogP contribution in [0.15, 0.2) is 23.0 Å². The molecule has 0 saturated carbocycles. The number of thiazole rings is 1. The van der Waals surface area contributed by atoms with Gasteiger partial charge in [0.1, 0.15) is 5.69 Å². The molecular weight excluding hydrogens is 292 g/mol. The molecule has 0 saturated heterocycles. The van der Waals surface area contributed by atoms with Gasteiger partial charge in [-0.1, -0.05) is 0 Å². The summed E-state index contributed by atoms with van der Waals surface area (Å²) in [4.78, 5) is 26.2. The second-order valence-electron chi connectivity index (χ2n) is 4.67. The van der Waals surface area contributed by atoms with Crippen LogP contribution in [-0.2, 0) is 17.6 Å². The molecule has 1 aromatic heterocycles. The van der Waals surface area contributed by atoms with E-state index in [4.69, 9.17) is 0 Å². The Bertz CT molecular complexity index is 700. The van der Waals surface area contributed by atoms with Crippen LogP contribution in [0.3, 0.4) is 0 Å². The van der Waals surface area contributed by atoms with Crippen LogP contribution in [0.25, 0.3) is 0 Å². The number of anilines is 2. The molecule has 108 valence electrons. The van der Waals surface area contributed by atoms with E-state index >= 15 is 0 Å². The molecule has 8 heteroatoms. The van der Waals surface area contributed by atoms with Gasteiger partial charge in [-0.15, -0.1) is 11.3 Å². The van der Waals surface area contributed by atoms with Crippen molar-refractivity contribution >= 4 is 34.3 Å². The van der Waals surface area contributed by atoms with Crippen LogP contribution in [0.2, 0.25) is 0 Å². The van der Waals surface area contributed by atoms with Crippen LogP contribution in [0.5, 0.6) is 0 Å². The summed E-state index contributed by atoms with van der Waals surface area (Å²) in [7, 11) is 0. The van der Waals surface area contributed by atoms with E-state index in [-0.39, 0.29) is 18.0 Å². The normalized spacial score (nSPS) is 12.9. The maximum atomic E-state index is 11.4. The highest BCUT2D eigenvalue weighted by Gasteiger charge is 2.24. The summed E-state index contributed by atoms with van der Waals surface area (Å²) >= 11 is 1.52. The number of aromatic nitrogens is 1. The lowest BCUT2D eigenvalue weighted by Gasteiger charge is -2.08. The van der Waals surface area contributed by atoms with Crippen LogP contribution >= 0.6 is 11.3 Å². The predicted octanol–water partition coefficient (Wildman–Crippen LogP) is 2.20. The zero-order chi connectivity index (χ0) is 14.8. The summed E-state index contributed by atoms with van der Waals surface area (Å²) in [5, 5.41) is 18.8. The topological polar surface area (TPSA) is 97.2 Å². The summed E-state index contributed by atoms with van der Waals surface area (Å²) in [6.07, 6.45) is 0.874. The van der Waals surface area contributed by atoms with Gasteiger partial charge in [-0.05, 0) is 11.6 Å². The van der Waals surface area contributed by atoms with Crippen molar-refractivity contribution in [3.05, 3.63) is 44.4 Å². The van der Waals surface area contributed by atoms with Gasteiger partial charge in [0.25, 0.3) is 5.69 Å². The van der Waals surface area contributed by atoms with Crippen LogP contribution in [0, 0.1) is 10.1 Å². The first-order valence-electron chi connectivity index (χ1n) is 6.35. The second-order valence-corrected chi connectivity index (χ2v) is 5.38. The molecule has 0 spiro atoms. The number of rotatable bonds is 5. The predicted molar refractivity (Wildman–Crippen MR) is 79.7 cm³/mol. The summed E-state index contributed by atoms with van der Waals surface area (Å²) in [6, 6.07) is 3.08. The fraction of sp³-hybridized carbons (Fsp3) is 0.231. The van der Waals surface area contributed by atoms with Crippen molar-refractivity contribution in [3.8, 4) is 0 Å². The monoisotopic (exact) mass is 304 g/mol. The minimum absolute atomic E-state index is 0.0106. The highest BCUT2D eigenvalue weighted by atomic mass is 32.1. The molecule has 0 atom stereocenters. The Kier molecular flexibility index (Phi) is 3.53. The summed E-state index contributed by atoms with van der Waals surface area (Å²) in [5.74, 6) is -0.140. The first-order chi connectivity index (χ1) is 10.1. The molecule has 0 fully saturated rings. The highest BCUT2D eigenvalue weighted by molar-refractivity contribution is 7.07. The molecule has 2 heterocycles. The molecule has 2 aromatic rings. The lowest BCUT2D eigenvalue weighted by molar-refractivity contribution is -0.384. The lowest BCUT2D eigenvalue weighted by Crippen LogP contribution is -2.08. The van der Waals surface area contributed by atoms with Crippen molar-refractivity contribution in [2.75, 3.05) is 17.2 Å². The van der Waals surface area contributed by atoms with Gasteiger partial charge in [-0.3, -0.25) is 14.9 Å². The number of benzene rings is 1. The van der Waals surface area contributed by atoms with Crippen molar-refractivity contribution in [2.24, 2.45) is 0 Å². The van der Waals surface area contributed by atoms with Crippen molar-refractivity contribution < 1.29 is 9.72 Å². The standard InChI is InChI=1S/C13H12N4O3S/c18-13-4-8-3-12(17(19)20)11(5-10(8)16-13)14-2-1-9-6-21-7-15-9/h3,5-7,14H,1-2,4H2,(H,16,18). The molecule has 0 aliphatic carbocycles. The van der Waals surface area contributed by atoms with Crippen LogP contribution in [-0.4, -0.2) is 22.4 Å². The van der Waals surface area contributed by atoms with E-state index in [1.165, 1.54) is 17.4 Å². The Balaban J connectivity index is 1.78.